The van der Waals surface area contributed by atoms with E-state index in [9.17, 15) is 18.0 Å². The van der Waals surface area contributed by atoms with Gasteiger partial charge in [-0.2, -0.15) is 13.2 Å². The van der Waals surface area contributed by atoms with Crippen LogP contribution >= 0.6 is 22.6 Å². The average Bonchev–Trinajstić information content (AvgIpc) is 2.26. The predicted molar refractivity (Wildman–Crippen MR) is 66.3 cm³/mol. The molecule has 3 nitrogen and oxygen atoms in total. The van der Waals surface area contributed by atoms with Crippen LogP contribution in [0.1, 0.15) is 12.5 Å². The predicted octanol–water partition coefficient (Wildman–Crippen LogP) is 3.25. The van der Waals surface area contributed by atoms with Gasteiger partial charge in [-0.15, -0.1) is 0 Å². The summed E-state index contributed by atoms with van der Waals surface area (Å²) in [4.78, 5) is 11.1. The molecular formula is C11H10F3IO3. The molecule has 0 bridgehead atoms. The van der Waals surface area contributed by atoms with E-state index in [4.69, 9.17) is 4.74 Å². The minimum atomic E-state index is -4.52. The van der Waals surface area contributed by atoms with Crippen LogP contribution in [0.5, 0.6) is 5.75 Å². The van der Waals surface area contributed by atoms with E-state index in [2.05, 4.69) is 4.74 Å². The van der Waals surface area contributed by atoms with E-state index in [0.29, 0.717) is 0 Å². The van der Waals surface area contributed by atoms with Crippen LogP contribution in [0.25, 0.3) is 0 Å². The smallest absolute Gasteiger partial charge is 0.420 e. The first-order chi connectivity index (χ1) is 8.36. The van der Waals surface area contributed by atoms with Crippen molar-refractivity contribution in [3.8, 4) is 5.75 Å². The molecular weight excluding hydrogens is 364 g/mol. The number of hydrogen-bond donors (Lipinski definition) is 0. The molecule has 0 heterocycles. The standard InChI is InChI=1S/C11H10F3IO3/c1-2-17-9(16)6-18-10-7(11(12,13)14)4-3-5-8(10)15/h3-5H,2,6H2,1H3. The van der Waals surface area contributed by atoms with Crippen molar-refractivity contribution in [2.24, 2.45) is 0 Å². The number of carbonyl (C=O) groups is 1. The van der Waals surface area contributed by atoms with Gasteiger partial charge in [-0.05, 0) is 41.6 Å². The fraction of sp³-hybridized carbons (Fsp3) is 0.364. The maximum Gasteiger partial charge on any atom is 0.420 e. The quantitative estimate of drug-likeness (QED) is 0.600. The summed E-state index contributed by atoms with van der Waals surface area (Å²) in [5.74, 6) is -1.05. The minimum Gasteiger partial charge on any atom is -0.480 e. The van der Waals surface area contributed by atoms with Crippen molar-refractivity contribution >= 4 is 28.6 Å². The third kappa shape index (κ3) is 4.04. The van der Waals surface area contributed by atoms with Crippen LogP contribution < -0.4 is 4.74 Å². The summed E-state index contributed by atoms with van der Waals surface area (Å²) >= 11 is 1.72. The van der Waals surface area contributed by atoms with E-state index >= 15 is 0 Å². The molecule has 0 atom stereocenters. The summed E-state index contributed by atoms with van der Waals surface area (Å²) in [6.07, 6.45) is -4.52. The number of benzene rings is 1. The van der Waals surface area contributed by atoms with Crippen LogP contribution in [-0.2, 0) is 15.7 Å². The Hall–Kier alpha value is -0.990. The molecule has 100 valence electrons. The second-order valence-corrected chi connectivity index (χ2v) is 4.37. The summed E-state index contributed by atoms with van der Waals surface area (Å²) in [5, 5.41) is 0. The molecule has 0 N–H and O–H groups in total. The molecule has 0 aromatic heterocycles. The Labute approximate surface area is 115 Å². The number of alkyl halides is 3. The van der Waals surface area contributed by atoms with Crippen molar-refractivity contribution in [3.05, 3.63) is 27.3 Å². The fourth-order valence-corrected chi connectivity index (χ4v) is 1.87. The number of esters is 1. The van der Waals surface area contributed by atoms with Crippen LogP contribution in [0.15, 0.2) is 18.2 Å². The SMILES string of the molecule is CCOC(=O)COc1c(I)cccc1C(F)(F)F. The molecule has 18 heavy (non-hydrogen) atoms. The second-order valence-electron chi connectivity index (χ2n) is 3.21. The maximum atomic E-state index is 12.7. The summed E-state index contributed by atoms with van der Waals surface area (Å²) in [6.45, 7) is 1.21. The molecule has 1 rings (SSSR count). The Morgan fingerprint density at radius 3 is 2.61 bits per heavy atom. The van der Waals surface area contributed by atoms with Crippen LogP contribution in [0.3, 0.4) is 0 Å². The molecule has 0 aliphatic rings. The van der Waals surface area contributed by atoms with Crippen LogP contribution in [-0.4, -0.2) is 19.2 Å². The molecule has 0 unspecified atom stereocenters. The van der Waals surface area contributed by atoms with E-state index in [1.165, 1.54) is 12.1 Å². The Morgan fingerprint density at radius 1 is 1.39 bits per heavy atom. The zero-order chi connectivity index (χ0) is 13.8. The summed E-state index contributed by atoms with van der Waals surface area (Å²) < 4.78 is 47.9. The van der Waals surface area contributed by atoms with Gasteiger partial charge in [-0.1, -0.05) is 6.07 Å². The molecule has 0 fully saturated rings. The minimum absolute atomic E-state index is 0.153. The third-order valence-corrected chi connectivity index (χ3v) is 2.76. The van der Waals surface area contributed by atoms with Crippen molar-refractivity contribution in [1.82, 2.24) is 0 Å². The monoisotopic (exact) mass is 374 g/mol. The first kappa shape index (κ1) is 15.1. The Bertz CT molecular complexity index is 432. The topological polar surface area (TPSA) is 35.5 Å². The van der Waals surface area contributed by atoms with Gasteiger partial charge in [0.05, 0.1) is 15.7 Å². The largest absolute Gasteiger partial charge is 0.480 e. The van der Waals surface area contributed by atoms with Crippen LogP contribution in [0, 0.1) is 3.57 Å². The van der Waals surface area contributed by atoms with E-state index < -0.39 is 24.3 Å². The molecule has 1 aromatic rings. The highest BCUT2D eigenvalue weighted by atomic mass is 127. The normalized spacial score (nSPS) is 11.2. The first-order valence-corrected chi connectivity index (χ1v) is 6.08. The zero-order valence-electron chi connectivity index (χ0n) is 9.38. The molecule has 0 aliphatic heterocycles. The van der Waals surface area contributed by atoms with Crippen molar-refractivity contribution in [3.63, 3.8) is 0 Å². The molecule has 1 aromatic carbocycles. The Morgan fingerprint density at radius 2 is 2.06 bits per heavy atom. The number of hydrogen-bond acceptors (Lipinski definition) is 3. The van der Waals surface area contributed by atoms with E-state index in [0.717, 1.165) is 6.07 Å². The number of carbonyl (C=O) groups excluding carboxylic acids is 1. The van der Waals surface area contributed by atoms with E-state index in [1.807, 2.05) is 0 Å². The second kappa shape index (κ2) is 6.26. The van der Waals surface area contributed by atoms with Crippen molar-refractivity contribution in [1.29, 1.82) is 0 Å². The number of ether oxygens (including phenoxy) is 2. The van der Waals surface area contributed by atoms with Gasteiger partial charge < -0.3 is 9.47 Å². The van der Waals surface area contributed by atoms with Crippen LogP contribution in [0.4, 0.5) is 13.2 Å². The lowest BCUT2D eigenvalue weighted by atomic mass is 10.2. The average molecular weight is 374 g/mol. The zero-order valence-corrected chi connectivity index (χ0v) is 11.5. The third-order valence-electron chi connectivity index (χ3n) is 1.91. The van der Waals surface area contributed by atoms with Crippen molar-refractivity contribution in [2.75, 3.05) is 13.2 Å². The molecule has 0 saturated heterocycles. The van der Waals surface area contributed by atoms with Crippen molar-refractivity contribution in [2.45, 2.75) is 13.1 Å². The van der Waals surface area contributed by atoms with Gasteiger partial charge in [-0.3, -0.25) is 0 Å². The van der Waals surface area contributed by atoms with Gasteiger partial charge in [0.15, 0.2) is 6.61 Å². The van der Waals surface area contributed by atoms with Gasteiger partial charge in [0.2, 0.25) is 0 Å². The van der Waals surface area contributed by atoms with E-state index in [1.54, 1.807) is 29.5 Å². The lowest BCUT2D eigenvalue weighted by Gasteiger charge is -2.14. The van der Waals surface area contributed by atoms with E-state index in [-0.39, 0.29) is 15.9 Å². The Balaban J connectivity index is 2.90. The van der Waals surface area contributed by atoms with Crippen molar-refractivity contribution < 1.29 is 27.4 Å². The number of rotatable bonds is 4. The van der Waals surface area contributed by atoms with Crippen LogP contribution in [0.2, 0.25) is 0 Å². The van der Waals surface area contributed by atoms with Gasteiger partial charge in [0, 0.05) is 0 Å². The highest BCUT2D eigenvalue weighted by Crippen LogP contribution is 2.38. The highest BCUT2D eigenvalue weighted by Gasteiger charge is 2.35. The molecule has 0 amide bonds. The van der Waals surface area contributed by atoms with Gasteiger partial charge in [0.25, 0.3) is 0 Å². The summed E-state index contributed by atoms with van der Waals surface area (Å²) in [5.41, 5.74) is -0.904. The van der Waals surface area contributed by atoms with Gasteiger partial charge in [0.1, 0.15) is 5.75 Å². The van der Waals surface area contributed by atoms with Gasteiger partial charge in [-0.25, -0.2) is 4.79 Å². The summed E-state index contributed by atoms with van der Waals surface area (Å²) in [7, 11) is 0. The molecule has 0 aliphatic carbocycles. The maximum absolute atomic E-state index is 12.7. The van der Waals surface area contributed by atoms with Gasteiger partial charge >= 0.3 is 12.1 Å². The molecule has 7 heteroatoms. The fourth-order valence-electron chi connectivity index (χ4n) is 1.21. The lowest BCUT2D eigenvalue weighted by Crippen LogP contribution is -2.17. The lowest BCUT2D eigenvalue weighted by molar-refractivity contribution is -0.147. The molecule has 0 spiro atoms. The molecule has 0 saturated carbocycles. The highest BCUT2D eigenvalue weighted by molar-refractivity contribution is 14.1. The number of para-hydroxylation sites is 1. The Kier molecular flexibility index (Phi) is 5.24. The summed E-state index contributed by atoms with van der Waals surface area (Å²) in [6, 6.07) is 3.65. The number of halogens is 4. The molecule has 0 radical (unpaired) electrons. The first-order valence-electron chi connectivity index (χ1n) is 5.00.